The Balaban J connectivity index is 1.88. The Kier molecular flexibility index (Phi) is 4.42. The summed E-state index contributed by atoms with van der Waals surface area (Å²) in [6.45, 7) is 3.30. The molecule has 0 aromatic carbocycles. The Morgan fingerprint density at radius 1 is 1.61 bits per heavy atom. The van der Waals surface area contributed by atoms with E-state index in [1.807, 2.05) is 30.0 Å². The number of likely N-dealkylation sites (tertiary alicyclic amines) is 1. The van der Waals surface area contributed by atoms with Gasteiger partial charge in [-0.15, -0.1) is 11.6 Å². The number of rotatable bonds is 4. The van der Waals surface area contributed by atoms with Crippen molar-refractivity contribution in [2.24, 2.45) is 0 Å². The van der Waals surface area contributed by atoms with E-state index >= 15 is 0 Å². The van der Waals surface area contributed by atoms with Crippen molar-refractivity contribution in [3.8, 4) is 5.88 Å². The average Bonchev–Trinajstić information content (AvgIpc) is 2.78. The number of aromatic nitrogens is 1. The normalized spacial score (nSPS) is 19.0. The molecule has 1 unspecified atom stereocenters. The summed E-state index contributed by atoms with van der Waals surface area (Å²) < 4.78 is 5.78. The second-order valence-electron chi connectivity index (χ2n) is 4.42. The van der Waals surface area contributed by atoms with E-state index in [4.69, 9.17) is 16.3 Å². The van der Waals surface area contributed by atoms with Crippen LogP contribution in [0.25, 0.3) is 0 Å². The van der Waals surface area contributed by atoms with Crippen LogP contribution < -0.4 is 4.74 Å². The Morgan fingerprint density at radius 2 is 2.44 bits per heavy atom. The fourth-order valence-corrected chi connectivity index (χ4v) is 2.21. The molecule has 1 atom stereocenters. The van der Waals surface area contributed by atoms with Crippen LogP contribution in [-0.4, -0.2) is 40.9 Å². The molecule has 1 fully saturated rings. The first kappa shape index (κ1) is 13.1. The highest BCUT2D eigenvalue weighted by atomic mass is 35.5. The molecule has 0 radical (unpaired) electrons. The summed E-state index contributed by atoms with van der Waals surface area (Å²) in [5.74, 6) is 1.11. The molecule has 2 heterocycles. The van der Waals surface area contributed by atoms with Crippen molar-refractivity contribution in [1.82, 2.24) is 9.88 Å². The number of pyridine rings is 1. The van der Waals surface area contributed by atoms with Crippen LogP contribution >= 0.6 is 11.6 Å². The molecule has 0 bridgehead atoms. The van der Waals surface area contributed by atoms with Gasteiger partial charge in [0.2, 0.25) is 11.8 Å². The molecule has 98 valence electrons. The highest BCUT2D eigenvalue weighted by molar-refractivity contribution is 6.18. The summed E-state index contributed by atoms with van der Waals surface area (Å²) in [4.78, 5) is 17.8. The Labute approximate surface area is 112 Å². The molecule has 1 aliphatic heterocycles. The van der Waals surface area contributed by atoms with Gasteiger partial charge in [-0.2, -0.15) is 0 Å². The van der Waals surface area contributed by atoms with Gasteiger partial charge in [0.25, 0.3) is 0 Å². The van der Waals surface area contributed by atoms with E-state index in [0.717, 1.165) is 18.7 Å². The van der Waals surface area contributed by atoms with Crippen LogP contribution in [0.4, 0.5) is 0 Å². The van der Waals surface area contributed by atoms with Crippen molar-refractivity contribution < 1.29 is 9.53 Å². The zero-order valence-corrected chi connectivity index (χ0v) is 11.2. The number of hydrogen-bond acceptors (Lipinski definition) is 3. The average molecular weight is 269 g/mol. The predicted octanol–water partition coefficient (Wildman–Crippen LogP) is 2.00. The molecular formula is C13H17ClN2O2. The zero-order chi connectivity index (χ0) is 13.0. The van der Waals surface area contributed by atoms with Crippen molar-refractivity contribution in [2.45, 2.75) is 25.9 Å². The topological polar surface area (TPSA) is 42.4 Å². The summed E-state index contributed by atoms with van der Waals surface area (Å²) in [7, 11) is 0. The maximum absolute atomic E-state index is 11.7. The summed E-state index contributed by atoms with van der Waals surface area (Å²) in [5, 5.41) is 0. The number of aryl methyl sites for hydroxylation is 1. The fraction of sp³-hybridized carbons (Fsp3) is 0.538. The van der Waals surface area contributed by atoms with Crippen LogP contribution in [0.5, 0.6) is 5.88 Å². The molecular weight excluding hydrogens is 252 g/mol. The van der Waals surface area contributed by atoms with Gasteiger partial charge >= 0.3 is 0 Å². The van der Waals surface area contributed by atoms with Gasteiger partial charge in [0.1, 0.15) is 6.10 Å². The van der Waals surface area contributed by atoms with E-state index < -0.39 is 0 Å². The van der Waals surface area contributed by atoms with E-state index in [2.05, 4.69) is 4.98 Å². The molecule has 4 nitrogen and oxygen atoms in total. The number of hydrogen-bond donors (Lipinski definition) is 0. The third-order valence-corrected chi connectivity index (χ3v) is 3.15. The summed E-state index contributed by atoms with van der Waals surface area (Å²) in [6.07, 6.45) is 1.29. The second kappa shape index (κ2) is 6.05. The van der Waals surface area contributed by atoms with Gasteiger partial charge in [0.15, 0.2) is 0 Å². The van der Waals surface area contributed by atoms with E-state index in [-0.39, 0.29) is 12.0 Å². The molecule has 1 aromatic rings. The van der Waals surface area contributed by atoms with Gasteiger partial charge in [-0.05, 0) is 13.0 Å². The van der Waals surface area contributed by atoms with Crippen LogP contribution in [0, 0.1) is 6.92 Å². The van der Waals surface area contributed by atoms with Gasteiger partial charge in [-0.1, -0.05) is 6.07 Å². The SMILES string of the molecule is Cc1cccc(OC2CCN(C(=O)CCCl)C2)n1. The molecule has 0 spiro atoms. The van der Waals surface area contributed by atoms with Crippen molar-refractivity contribution in [3.05, 3.63) is 23.9 Å². The molecule has 2 rings (SSSR count). The van der Waals surface area contributed by atoms with Crippen molar-refractivity contribution in [3.63, 3.8) is 0 Å². The highest BCUT2D eigenvalue weighted by Crippen LogP contribution is 2.17. The summed E-state index contributed by atoms with van der Waals surface area (Å²) in [5.41, 5.74) is 0.931. The fourth-order valence-electron chi connectivity index (χ4n) is 2.04. The van der Waals surface area contributed by atoms with Crippen molar-refractivity contribution in [2.75, 3.05) is 19.0 Å². The lowest BCUT2D eigenvalue weighted by Gasteiger charge is -2.16. The summed E-state index contributed by atoms with van der Waals surface area (Å²) >= 11 is 5.57. The van der Waals surface area contributed by atoms with Crippen molar-refractivity contribution in [1.29, 1.82) is 0 Å². The van der Waals surface area contributed by atoms with Gasteiger partial charge in [0.05, 0.1) is 6.54 Å². The lowest BCUT2D eigenvalue weighted by Crippen LogP contribution is -2.31. The Morgan fingerprint density at radius 3 is 3.17 bits per heavy atom. The smallest absolute Gasteiger partial charge is 0.223 e. The van der Waals surface area contributed by atoms with E-state index in [1.54, 1.807) is 0 Å². The van der Waals surface area contributed by atoms with Gasteiger partial charge < -0.3 is 9.64 Å². The Bertz CT molecular complexity index is 425. The minimum absolute atomic E-state index is 0.0403. The number of amides is 1. The zero-order valence-electron chi connectivity index (χ0n) is 10.4. The van der Waals surface area contributed by atoms with E-state index in [1.165, 1.54) is 0 Å². The molecule has 1 aromatic heterocycles. The van der Waals surface area contributed by atoms with Gasteiger partial charge in [-0.3, -0.25) is 4.79 Å². The minimum atomic E-state index is 0.0403. The maximum atomic E-state index is 11.7. The molecule has 5 heteroatoms. The van der Waals surface area contributed by atoms with Crippen LogP contribution in [0.15, 0.2) is 18.2 Å². The van der Waals surface area contributed by atoms with Crippen LogP contribution in [0.2, 0.25) is 0 Å². The number of alkyl halides is 1. The summed E-state index contributed by atoms with van der Waals surface area (Å²) in [6, 6.07) is 5.69. The third-order valence-electron chi connectivity index (χ3n) is 2.96. The molecule has 0 N–H and O–H groups in total. The highest BCUT2D eigenvalue weighted by Gasteiger charge is 2.27. The number of carbonyl (C=O) groups is 1. The Hall–Kier alpha value is -1.29. The monoisotopic (exact) mass is 268 g/mol. The first-order valence-corrected chi connectivity index (χ1v) is 6.66. The molecule has 18 heavy (non-hydrogen) atoms. The quantitative estimate of drug-likeness (QED) is 0.785. The first-order chi connectivity index (χ1) is 8.69. The molecule has 1 aliphatic rings. The van der Waals surface area contributed by atoms with E-state index in [0.29, 0.717) is 24.7 Å². The number of ether oxygens (including phenoxy) is 1. The molecule has 1 saturated heterocycles. The second-order valence-corrected chi connectivity index (χ2v) is 4.80. The minimum Gasteiger partial charge on any atom is -0.472 e. The van der Waals surface area contributed by atoms with E-state index in [9.17, 15) is 4.79 Å². The number of carbonyl (C=O) groups excluding carboxylic acids is 1. The molecule has 0 aliphatic carbocycles. The lowest BCUT2D eigenvalue weighted by atomic mass is 10.3. The standard InChI is InChI=1S/C13H17ClN2O2/c1-10-3-2-4-12(15-10)18-11-6-8-16(9-11)13(17)5-7-14/h2-4,11H,5-9H2,1H3. The molecule has 0 saturated carbocycles. The van der Waals surface area contributed by atoms with Crippen molar-refractivity contribution >= 4 is 17.5 Å². The van der Waals surface area contributed by atoms with Crippen LogP contribution in [0.1, 0.15) is 18.5 Å². The molecule has 1 amide bonds. The number of nitrogens with zero attached hydrogens (tertiary/aromatic N) is 2. The lowest BCUT2D eigenvalue weighted by molar-refractivity contribution is -0.130. The van der Waals surface area contributed by atoms with Crippen LogP contribution in [-0.2, 0) is 4.79 Å². The largest absolute Gasteiger partial charge is 0.472 e. The van der Waals surface area contributed by atoms with Gasteiger partial charge in [-0.25, -0.2) is 4.98 Å². The first-order valence-electron chi connectivity index (χ1n) is 6.13. The third kappa shape index (κ3) is 3.35. The maximum Gasteiger partial charge on any atom is 0.223 e. The van der Waals surface area contributed by atoms with Gasteiger partial charge in [0, 0.05) is 37.0 Å². The van der Waals surface area contributed by atoms with Crippen LogP contribution in [0.3, 0.4) is 0 Å². The predicted molar refractivity (Wildman–Crippen MR) is 69.9 cm³/mol. The number of halogens is 1.